The van der Waals surface area contributed by atoms with E-state index in [4.69, 9.17) is 23.2 Å². The average molecular weight is 249 g/mol. The lowest BCUT2D eigenvalue weighted by molar-refractivity contribution is 0.0658. The molecule has 1 heterocycles. The standard InChI is InChI=1S/C10H10Cl2OS/c11-8-2-1-7(5-9(8)12)10(13)3-4-14-6-10/h1-2,5,13H,3-4,6H2. The highest BCUT2D eigenvalue weighted by Gasteiger charge is 2.33. The fourth-order valence-electron chi connectivity index (χ4n) is 1.57. The maximum Gasteiger partial charge on any atom is 0.0994 e. The third-order valence-corrected chi connectivity index (χ3v) is 4.37. The molecule has 1 aromatic rings. The first-order valence-electron chi connectivity index (χ1n) is 4.37. The molecule has 76 valence electrons. The zero-order valence-electron chi connectivity index (χ0n) is 7.46. The van der Waals surface area contributed by atoms with Crippen molar-refractivity contribution in [2.24, 2.45) is 0 Å². The zero-order valence-corrected chi connectivity index (χ0v) is 9.79. The Morgan fingerprint density at radius 1 is 1.29 bits per heavy atom. The molecule has 0 aromatic heterocycles. The van der Waals surface area contributed by atoms with Gasteiger partial charge in [0.15, 0.2) is 0 Å². The van der Waals surface area contributed by atoms with Crippen LogP contribution in [0.2, 0.25) is 10.0 Å². The van der Waals surface area contributed by atoms with Crippen LogP contribution in [0, 0.1) is 0 Å². The lowest BCUT2D eigenvalue weighted by Crippen LogP contribution is -2.24. The van der Waals surface area contributed by atoms with E-state index in [9.17, 15) is 5.11 Å². The van der Waals surface area contributed by atoms with E-state index in [0.717, 1.165) is 23.5 Å². The van der Waals surface area contributed by atoms with Gasteiger partial charge in [0.1, 0.15) is 0 Å². The van der Waals surface area contributed by atoms with Crippen molar-refractivity contribution in [1.82, 2.24) is 0 Å². The molecular formula is C10H10Cl2OS. The molecule has 1 unspecified atom stereocenters. The summed E-state index contributed by atoms with van der Waals surface area (Å²) in [5, 5.41) is 11.3. The second-order valence-corrected chi connectivity index (χ2v) is 5.38. The van der Waals surface area contributed by atoms with Crippen molar-refractivity contribution < 1.29 is 5.11 Å². The van der Waals surface area contributed by atoms with Crippen LogP contribution in [0.1, 0.15) is 12.0 Å². The van der Waals surface area contributed by atoms with Crippen LogP contribution in [0.4, 0.5) is 0 Å². The quantitative estimate of drug-likeness (QED) is 0.823. The van der Waals surface area contributed by atoms with Crippen LogP contribution in [-0.4, -0.2) is 16.6 Å². The topological polar surface area (TPSA) is 20.2 Å². The molecule has 1 aliphatic rings. The molecule has 0 radical (unpaired) electrons. The molecular weight excluding hydrogens is 239 g/mol. The van der Waals surface area contributed by atoms with E-state index in [0.29, 0.717) is 10.0 Å². The molecule has 1 atom stereocenters. The zero-order chi connectivity index (χ0) is 10.2. The Morgan fingerprint density at radius 3 is 2.64 bits per heavy atom. The predicted molar refractivity (Wildman–Crippen MR) is 62.3 cm³/mol. The summed E-state index contributed by atoms with van der Waals surface area (Å²) in [5.74, 6) is 1.74. The second kappa shape index (κ2) is 3.93. The Labute approximate surface area is 97.4 Å². The summed E-state index contributed by atoms with van der Waals surface area (Å²) >= 11 is 13.5. The van der Waals surface area contributed by atoms with Gasteiger partial charge >= 0.3 is 0 Å². The van der Waals surface area contributed by atoms with E-state index in [1.54, 1.807) is 23.9 Å². The lowest BCUT2D eigenvalue weighted by atomic mass is 9.93. The van der Waals surface area contributed by atoms with Crippen molar-refractivity contribution in [3.8, 4) is 0 Å². The molecule has 1 nitrogen and oxygen atoms in total. The fourth-order valence-corrected chi connectivity index (χ4v) is 3.14. The van der Waals surface area contributed by atoms with Crippen LogP contribution in [0.25, 0.3) is 0 Å². The Hall–Kier alpha value is 0.110. The van der Waals surface area contributed by atoms with E-state index in [-0.39, 0.29) is 0 Å². The number of hydrogen-bond acceptors (Lipinski definition) is 2. The monoisotopic (exact) mass is 248 g/mol. The lowest BCUT2D eigenvalue weighted by Gasteiger charge is -2.22. The van der Waals surface area contributed by atoms with Crippen LogP contribution in [0.5, 0.6) is 0 Å². The van der Waals surface area contributed by atoms with Gasteiger partial charge in [-0.15, -0.1) is 0 Å². The number of benzene rings is 1. The van der Waals surface area contributed by atoms with E-state index >= 15 is 0 Å². The maximum atomic E-state index is 10.3. The van der Waals surface area contributed by atoms with Gasteiger partial charge < -0.3 is 5.11 Å². The van der Waals surface area contributed by atoms with E-state index in [1.807, 2.05) is 6.07 Å². The van der Waals surface area contributed by atoms with Crippen molar-refractivity contribution in [1.29, 1.82) is 0 Å². The minimum Gasteiger partial charge on any atom is -0.384 e. The van der Waals surface area contributed by atoms with Gasteiger partial charge in [-0.25, -0.2) is 0 Å². The summed E-state index contributed by atoms with van der Waals surface area (Å²) in [6.07, 6.45) is 0.787. The first-order valence-corrected chi connectivity index (χ1v) is 6.28. The maximum absolute atomic E-state index is 10.3. The van der Waals surface area contributed by atoms with Gasteiger partial charge in [-0.05, 0) is 29.9 Å². The van der Waals surface area contributed by atoms with Gasteiger partial charge in [-0.1, -0.05) is 29.3 Å². The third kappa shape index (κ3) is 1.89. The molecule has 0 spiro atoms. The minimum absolute atomic E-state index is 0.509. The predicted octanol–water partition coefficient (Wildman–Crippen LogP) is 3.32. The van der Waals surface area contributed by atoms with Crippen molar-refractivity contribution in [3.05, 3.63) is 33.8 Å². The number of rotatable bonds is 1. The minimum atomic E-state index is -0.709. The number of hydrogen-bond donors (Lipinski definition) is 1. The first-order chi connectivity index (χ1) is 6.62. The van der Waals surface area contributed by atoms with E-state index in [1.165, 1.54) is 0 Å². The SMILES string of the molecule is OC1(c2ccc(Cl)c(Cl)c2)CCSC1. The largest absolute Gasteiger partial charge is 0.384 e. The van der Waals surface area contributed by atoms with Gasteiger partial charge in [-0.2, -0.15) is 11.8 Å². The van der Waals surface area contributed by atoms with Crippen molar-refractivity contribution in [3.63, 3.8) is 0 Å². The molecule has 0 aliphatic carbocycles. The molecule has 1 fully saturated rings. The fraction of sp³-hybridized carbons (Fsp3) is 0.400. The Bertz CT molecular complexity index is 348. The van der Waals surface area contributed by atoms with E-state index < -0.39 is 5.60 Å². The summed E-state index contributed by atoms with van der Waals surface area (Å²) in [4.78, 5) is 0. The van der Waals surface area contributed by atoms with Crippen LogP contribution >= 0.6 is 35.0 Å². The molecule has 0 bridgehead atoms. The van der Waals surface area contributed by atoms with Crippen molar-refractivity contribution in [2.45, 2.75) is 12.0 Å². The van der Waals surface area contributed by atoms with Crippen LogP contribution < -0.4 is 0 Å². The third-order valence-electron chi connectivity index (χ3n) is 2.46. The molecule has 1 aromatic carbocycles. The molecule has 1 saturated heterocycles. The number of halogens is 2. The van der Waals surface area contributed by atoms with Crippen LogP contribution in [0.15, 0.2) is 18.2 Å². The van der Waals surface area contributed by atoms with Crippen molar-refractivity contribution in [2.75, 3.05) is 11.5 Å². The summed E-state index contributed by atoms with van der Waals surface area (Å²) in [7, 11) is 0. The molecule has 4 heteroatoms. The number of aliphatic hydroxyl groups is 1. The molecule has 0 saturated carbocycles. The average Bonchev–Trinajstić information content (AvgIpc) is 2.58. The summed E-state index contributed by atoms with van der Waals surface area (Å²) in [5.41, 5.74) is 0.163. The summed E-state index contributed by atoms with van der Waals surface area (Å²) < 4.78 is 0. The van der Waals surface area contributed by atoms with E-state index in [2.05, 4.69) is 0 Å². The highest BCUT2D eigenvalue weighted by atomic mass is 35.5. The second-order valence-electron chi connectivity index (χ2n) is 3.46. The molecule has 2 rings (SSSR count). The highest BCUT2D eigenvalue weighted by molar-refractivity contribution is 7.99. The van der Waals surface area contributed by atoms with Gasteiger partial charge in [0.2, 0.25) is 0 Å². The van der Waals surface area contributed by atoms with Crippen LogP contribution in [0.3, 0.4) is 0 Å². The van der Waals surface area contributed by atoms with Gasteiger partial charge in [-0.3, -0.25) is 0 Å². The van der Waals surface area contributed by atoms with Crippen molar-refractivity contribution >= 4 is 35.0 Å². The summed E-state index contributed by atoms with van der Waals surface area (Å²) in [6.45, 7) is 0. The normalized spacial score (nSPS) is 26.8. The molecule has 1 aliphatic heterocycles. The molecule has 1 N–H and O–H groups in total. The van der Waals surface area contributed by atoms with Gasteiger partial charge in [0.05, 0.1) is 15.6 Å². The van der Waals surface area contributed by atoms with Crippen LogP contribution in [-0.2, 0) is 5.60 Å². The Balaban J connectivity index is 2.36. The molecule has 0 amide bonds. The number of thioether (sulfide) groups is 1. The Kier molecular flexibility index (Phi) is 2.98. The molecule has 14 heavy (non-hydrogen) atoms. The van der Waals surface area contributed by atoms with Gasteiger partial charge in [0, 0.05) is 5.75 Å². The summed E-state index contributed by atoms with van der Waals surface area (Å²) in [6, 6.07) is 5.34. The smallest absolute Gasteiger partial charge is 0.0994 e. The Morgan fingerprint density at radius 2 is 2.07 bits per heavy atom. The van der Waals surface area contributed by atoms with Gasteiger partial charge in [0.25, 0.3) is 0 Å². The first kappa shape index (κ1) is 10.6. The highest BCUT2D eigenvalue weighted by Crippen LogP contribution is 2.38.